The molecule has 0 spiro atoms. The standard InChI is InChI=1S/C72H108O30/c1-13-25-79-55-49-43(37-73)91-67(61(55)85-31-19-7)98-50-44(38-74)93-69(63(87-33-21-9)56(50)80-26-14-2)100-52-46(40-76)95-71(65(89-35-23-11)58(52)82-28-16-4)102-54-48(42-78)96-72(66(90-36-24-12)60(54)84-30-18-6)101-53-47(41-77)94-70(64(88-34-22-10)59(53)83-29-17-5)99-51-45(39-75)92-68(97-49)62(86-32-20-8)57(51)81-27-15-3/h13-24,43-78H,1-12,25-42H2/t43-,44-,45-,46-,47-,48-,49-,50-,51-,52-,53-,54-,55+,56+,57+,58+,59+,60+,61-,62-,63-,64-,65-,66-,67-,68-,69-,70-,71-,72-/m1/s1. The second-order valence-electron chi connectivity index (χ2n) is 24.0. The third kappa shape index (κ3) is 21.5. The highest BCUT2D eigenvalue weighted by Crippen LogP contribution is 2.43. The quantitative estimate of drug-likeness (QED) is 0.0471. The van der Waals surface area contributed by atoms with Crippen molar-refractivity contribution in [2.45, 2.75) is 184 Å². The van der Waals surface area contributed by atoms with Gasteiger partial charge >= 0.3 is 0 Å². The van der Waals surface area contributed by atoms with Gasteiger partial charge in [0.2, 0.25) is 0 Å². The molecule has 102 heavy (non-hydrogen) atoms. The van der Waals surface area contributed by atoms with Crippen molar-refractivity contribution in [3.8, 4) is 0 Å². The Balaban J connectivity index is 1.48. The lowest BCUT2D eigenvalue weighted by molar-refractivity contribution is -0.412. The molecular formula is C72H108O30. The lowest BCUT2D eigenvalue weighted by Crippen LogP contribution is -2.70. The van der Waals surface area contributed by atoms with Crippen LogP contribution in [-0.2, 0) is 114 Å². The van der Waals surface area contributed by atoms with Gasteiger partial charge in [0.25, 0.3) is 0 Å². The molecule has 22 aliphatic heterocycles. The Hall–Kier alpha value is -4.32. The van der Waals surface area contributed by atoms with Crippen LogP contribution in [0.4, 0.5) is 0 Å². The summed E-state index contributed by atoms with van der Waals surface area (Å²) in [5.74, 6) is 0. The minimum Gasteiger partial charge on any atom is -0.394 e. The molecule has 0 aromatic carbocycles. The zero-order valence-corrected chi connectivity index (χ0v) is 57.9. The summed E-state index contributed by atoms with van der Waals surface area (Å²) in [5, 5.41) is 69.3. The number of rotatable bonds is 42. The van der Waals surface area contributed by atoms with Crippen molar-refractivity contribution in [2.75, 3.05) is 119 Å². The monoisotopic (exact) mass is 1450 g/mol. The molecule has 22 saturated heterocycles. The van der Waals surface area contributed by atoms with Gasteiger partial charge in [-0.25, -0.2) is 0 Å². The number of hydrogen-bond acceptors (Lipinski definition) is 30. The van der Waals surface area contributed by atoms with Gasteiger partial charge in [0.15, 0.2) is 37.7 Å². The molecule has 0 aromatic rings. The molecule has 30 nitrogen and oxygen atoms in total. The van der Waals surface area contributed by atoms with Gasteiger partial charge in [-0.05, 0) is 0 Å². The third-order valence-electron chi connectivity index (χ3n) is 17.3. The topological polar surface area (TPSA) is 343 Å². The Kier molecular flexibility index (Phi) is 37.8. The van der Waals surface area contributed by atoms with E-state index in [0.717, 1.165) is 0 Å². The lowest BCUT2D eigenvalue weighted by atomic mass is 9.94. The molecule has 22 heterocycles. The summed E-state index contributed by atoms with van der Waals surface area (Å²) in [6.45, 7) is 40.5. The van der Waals surface area contributed by atoms with E-state index in [-0.39, 0.29) is 79.3 Å². The van der Waals surface area contributed by atoms with E-state index in [1.807, 2.05) is 0 Å². The molecule has 0 aliphatic carbocycles. The Morgan fingerprint density at radius 1 is 0.176 bits per heavy atom. The van der Waals surface area contributed by atoms with Crippen LogP contribution in [0.2, 0.25) is 0 Å². The van der Waals surface area contributed by atoms with E-state index in [1.54, 1.807) is 0 Å². The minimum absolute atomic E-state index is 0.136. The molecule has 576 valence electrons. The summed E-state index contributed by atoms with van der Waals surface area (Å²) in [6, 6.07) is 0. The number of aliphatic hydroxyl groups is 6. The average molecular weight is 1450 g/mol. The van der Waals surface area contributed by atoms with Crippen LogP contribution in [0.25, 0.3) is 0 Å². The molecule has 22 fully saturated rings. The van der Waals surface area contributed by atoms with Crippen LogP contribution < -0.4 is 0 Å². The average Bonchev–Trinajstić information content (AvgIpc) is 0.763. The van der Waals surface area contributed by atoms with E-state index in [9.17, 15) is 30.6 Å². The van der Waals surface area contributed by atoms with E-state index >= 15 is 0 Å². The number of aliphatic hydroxyl groups excluding tert-OH is 6. The molecule has 22 rings (SSSR count). The molecular weight excluding hydrogens is 1340 g/mol. The van der Waals surface area contributed by atoms with E-state index < -0.39 is 224 Å². The van der Waals surface area contributed by atoms with Gasteiger partial charge in [0.05, 0.1) is 119 Å². The maximum absolute atomic E-state index is 11.6. The van der Waals surface area contributed by atoms with E-state index in [4.69, 9.17) is 114 Å². The molecule has 0 radical (unpaired) electrons. The molecule has 6 N–H and O–H groups in total. The predicted molar refractivity (Wildman–Crippen MR) is 363 cm³/mol. The first-order chi connectivity index (χ1) is 49.9. The molecule has 0 unspecified atom stereocenters. The fourth-order valence-electron chi connectivity index (χ4n) is 13.1. The van der Waals surface area contributed by atoms with Crippen molar-refractivity contribution in [2.24, 2.45) is 0 Å². The lowest BCUT2D eigenvalue weighted by Gasteiger charge is -2.53. The van der Waals surface area contributed by atoms with Gasteiger partial charge < -0.3 is 144 Å². The molecule has 30 atom stereocenters. The third-order valence-corrected chi connectivity index (χ3v) is 17.3. The Bertz CT molecular complexity index is 2110. The first-order valence-corrected chi connectivity index (χ1v) is 34.1. The van der Waals surface area contributed by atoms with Gasteiger partial charge in [-0.15, -0.1) is 78.9 Å². The van der Waals surface area contributed by atoms with Gasteiger partial charge in [0, 0.05) is 0 Å². The molecule has 30 heteroatoms. The highest BCUT2D eigenvalue weighted by Gasteiger charge is 2.62. The van der Waals surface area contributed by atoms with Crippen LogP contribution in [0, 0.1) is 0 Å². The van der Waals surface area contributed by atoms with Gasteiger partial charge in [-0.3, -0.25) is 0 Å². The van der Waals surface area contributed by atoms with E-state index in [1.165, 1.54) is 72.9 Å². The van der Waals surface area contributed by atoms with Crippen LogP contribution in [-0.4, -0.2) is 334 Å². The molecule has 0 saturated carbocycles. The van der Waals surface area contributed by atoms with Crippen molar-refractivity contribution in [1.29, 1.82) is 0 Å². The van der Waals surface area contributed by atoms with E-state index in [0.29, 0.717) is 0 Å². The van der Waals surface area contributed by atoms with Crippen molar-refractivity contribution >= 4 is 0 Å². The predicted octanol–water partition coefficient (Wildman–Crippen LogP) is 1.47. The summed E-state index contributed by atoms with van der Waals surface area (Å²) >= 11 is 0. The van der Waals surface area contributed by atoms with Crippen LogP contribution >= 0.6 is 0 Å². The minimum atomic E-state index is -1.56. The van der Waals surface area contributed by atoms with Crippen molar-refractivity contribution in [1.82, 2.24) is 0 Å². The largest absolute Gasteiger partial charge is 0.394 e. The van der Waals surface area contributed by atoms with Crippen molar-refractivity contribution in [3.63, 3.8) is 0 Å². The highest BCUT2D eigenvalue weighted by atomic mass is 16.8. The molecule has 0 amide bonds. The summed E-state index contributed by atoms with van der Waals surface area (Å²) < 4.78 is 161. The first-order valence-electron chi connectivity index (χ1n) is 34.1. The number of hydrogen-bond donors (Lipinski definition) is 6. The zero-order chi connectivity index (χ0) is 73.5. The van der Waals surface area contributed by atoms with Crippen LogP contribution in [0.15, 0.2) is 152 Å². The van der Waals surface area contributed by atoms with Crippen molar-refractivity contribution in [3.05, 3.63) is 152 Å². The first kappa shape index (κ1) is 84.9. The summed E-state index contributed by atoms with van der Waals surface area (Å²) in [4.78, 5) is 0. The van der Waals surface area contributed by atoms with Crippen LogP contribution in [0.3, 0.4) is 0 Å². The Morgan fingerprint density at radius 3 is 0.382 bits per heavy atom. The maximum Gasteiger partial charge on any atom is 0.187 e. The van der Waals surface area contributed by atoms with Gasteiger partial charge in [-0.2, -0.15) is 0 Å². The fourth-order valence-corrected chi connectivity index (χ4v) is 13.1. The summed E-state index contributed by atoms with van der Waals surface area (Å²) in [7, 11) is 0. The Morgan fingerprint density at radius 2 is 0.284 bits per heavy atom. The van der Waals surface area contributed by atoms with Gasteiger partial charge in [-0.1, -0.05) is 72.9 Å². The normalized spacial score (nSPS) is 39.5. The SMILES string of the molecule is C=CCO[C@@H]1[C@@H](OCC=C)[C@H]2O[C@H]3[C@H](OCC=C)[C@@H](OCC=C)[C@@H](O[C@H]4[C@H](OCC=C)[C@@H](OCC=C)[C@@H](O[C@H]5[C@H](OCC=C)[C@@H](OCC=C)[C@@H](O[C@H]6[C@H](OCC=C)[C@@H](OCC=C)[C@@H](O[C@H]7[C@H](OCC=C)[C@@H](OCC=C)[C@@H](O[C@@H]1[C@@H](CO)O2)O[C@@H]7CO)O[C@@H]6CO)O[C@@H]5CO)O[C@@H]4CO)O[C@@H]3CO. The Labute approximate surface area is 597 Å². The highest BCUT2D eigenvalue weighted by molar-refractivity contribution is 5.05. The summed E-state index contributed by atoms with van der Waals surface area (Å²) in [6.07, 6.45) is -24.0. The van der Waals surface area contributed by atoms with Crippen LogP contribution in [0.5, 0.6) is 0 Å². The second kappa shape index (κ2) is 45.4. The van der Waals surface area contributed by atoms with Gasteiger partial charge in [0.1, 0.15) is 146 Å². The second-order valence-corrected chi connectivity index (χ2v) is 24.0. The molecule has 0 aromatic heterocycles. The smallest absolute Gasteiger partial charge is 0.187 e. The van der Waals surface area contributed by atoms with Crippen LogP contribution in [0.1, 0.15) is 0 Å². The maximum atomic E-state index is 11.6. The molecule has 12 bridgehead atoms. The fraction of sp³-hybridized carbons (Fsp3) is 0.667. The summed E-state index contributed by atoms with van der Waals surface area (Å²) in [5.41, 5.74) is 0. The van der Waals surface area contributed by atoms with E-state index in [2.05, 4.69) is 78.9 Å². The number of ether oxygens (including phenoxy) is 24. The van der Waals surface area contributed by atoms with Crippen molar-refractivity contribution < 1.29 is 144 Å². The zero-order valence-electron chi connectivity index (χ0n) is 57.9. The molecule has 22 aliphatic rings.